The van der Waals surface area contributed by atoms with Gasteiger partial charge in [-0.1, -0.05) is 12.1 Å². The van der Waals surface area contributed by atoms with E-state index in [-0.39, 0.29) is 6.61 Å². The molecular weight excluding hydrogens is 549 g/mol. The van der Waals surface area contributed by atoms with E-state index >= 15 is 0 Å². The predicted octanol–water partition coefficient (Wildman–Crippen LogP) is 6.05. The molecule has 4 rings (SSSR count). The monoisotopic (exact) mass is 569 g/mol. The molecule has 0 aliphatic heterocycles. The second kappa shape index (κ2) is 11.7. The molecule has 0 radical (unpaired) electrons. The van der Waals surface area contributed by atoms with Crippen molar-refractivity contribution in [2.45, 2.75) is 11.9 Å². The third-order valence-electron chi connectivity index (χ3n) is 4.54. The Balaban J connectivity index is 1.21. The van der Waals surface area contributed by atoms with E-state index in [0.29, 0.717) is 20.7 Å². The predicted molar refractivity (Wildman–Crippen MR) is 133 cm³/mol. The van der Waals surface area contributed by atoms with Crippen molar-refractivity contribution in [3.05, 3.63) is 107 Å². The van der Waals surface area contributed by atoms with Crippen LogP contribution in [0.25, 0.3) is 10.9 Å². The first-order valence-electron chi connectivity index (χ1n) is 10.1. The number of aromatic nitrogens is 1. The molecule has 0 fully saturated rings. The first-order chi connectivity index (χ1) is 16.2. The minimum Gasteiger partial charge on any atom is -0.256 e. The smallest absolute Gasteiger partial charge is 0.256 e. The average molecular weight is 569 g/mol. The fourth-order valence-corrected chi connectivity index (χ4v) is 4.65. The molecule has 1 aromatic heterocycles. The third-order valence-corrected chi connectivity index (χ3v) is 7.10. The summed E-state index contributed by atoms with van der Waals surface area (Å²) in [6.45, 7) is 0.105. The van der Waals surface area contributed by atoms with Crippen molar-refractivity contribution in [3.8, 4) is 11.5 Å². The number of hydrogen-bond donors (Lipinski definition) is 0. The van der Waals surface area contributed by atoms with Gasteiger partial charge in [0.2, 0.25) is 0 Å². The summed E-state index contributed by atoms with van der Waals surface area (Å²) in [5.74, 6) is 1.14. The summed E-state index contributed by atoms with van der Waals surface area (Å²) in [7, 11) is 0. The van der Waals surface area contributed by atoms with Crippen LogP contribution in [-0.2, 0) is 11.3 Å². The van der Waals surface area contributed by atoms with Crippen molar-refractivity contribution in [1.82, 2.24) is 4.98 Å². The van der Waals surface area contributed by atoms with Gasteiger partial charge in [-0.05, 0) is 12.1 Å². The normalized spacial score (nSPS) is 10.9. The maximum absolute atomic E-state index is 12.1. The van der Waals surface area contributed by atoms with Gasteiger partial charge in [0.1, 0.15) is 5.75 Å². The number of pyridine rings is 1. The number of rotatable bonds is 8. The van der Waals surface area contributed by atoms with Crippen LogP contribution < -0.4 is 13.9 Å². The van der Waals surface area contributed by atoms with Crippen LogP contribution in [-0.4, -0.2) is 26.1 Å². The summed E-state index contributed by atoms with van der Waals surface area (Å²) in [6.07, 6.45) is 4.57. The first-order valence-corrected chi connectivity index (χ1v) is 13.0. The Morgan fingerprint density at radius 3 is 2.58 bits per heavy atom. The fraction of sp³-hybridized carbons (Fsp3) is 0.0769. The van der Waals surface area contributed by atoms with Gasteiger partial charge in [0.05, 0.1) is 5.52 Å². The molecule has 3 aromatic carbocycles. The van der Waals surface area contributed by atoms with Crippen LogP contribution in [0.15, 0.2) is 102 Å². The second-order valence-electron chi connectivity index (χ2n) is 6.87. The molecule has 0 bridgehead atoms. The number of fused-ring (bicyclic) bond motifs is 1. The molecule has 166 valence electrons. The van der Waals surface area contributed by atoms with Crippen LogP contribution in [0.3, 0.4) is 0 Å². The minimum atomic E-state index is -0.762. The topological polar surface area (TPSA) is 57.7 Å². The summed E-state index contributed by atoms with van der Waals surface area (Å²) in [6, 6.07) is 24.9. The fourth-order valence-electron chi connectivity index (χ4n) is 2.93. The van der Waals surface area contributed by atoms with Crippen LogP contribution in [0, 0.1) is 0 Å². The van der Waals surface area contributed by atoms with Gasteiger partial charge in [-0.2, -0.15) is 0 Å². The number of halogens is 1. The van der Waals surface area contributed by atoms with Crippen LogP contribution in [0.2, 0.25) is 5.32 Å². The molecule has 7 heteroatoms. The SMILES string of the molecule is O=C(OCc1ccc(OC=CC[Se]c2ccc(Br)cc2)cc1)Oc1ccnc2ccccc12. The molecular formula is C26H20BrNO4Se. The maximum atomic E-state index is 12.1. The standard InChI is InChI=1S/C26H20BrNO4Se/c27-20-8-12-22(13-9-20)33-17-3-16-30-21-10-6-19(7-11-21)18-31-26(29)32-25-14-15-28-24-5-2-1-4-23(24)25/h1-16H,17-18H2. The molecule has 0 aliphatic carbocycles. The van der Waals surface area contributed by atoms with Crippen molar-refractivity contribution >= 4 is 52.4 Å². The van der Waals surface area contributed by atoms with Gasteiger partial charge in [-0.25, -0.2) is 0 Å². The zero-order valence-corrected chi connectivity index (χ0v) is 20.8. The van der Waals surface area contributed by atoms with E-state index in [2.05, 4.69) is 45.2 Å². The third kappa shape index (κ3) is 6.93. The average Bonchev–Trinajstić information content (AvgIpc) is 2.85. The minimum absolute atomic E-state index is 0.105. The van der Waals surface area contributed by atoms with Gasteiger partial charge in [0.15, 0.2) is 0 Å². The molecule has 0 unspecified atom stereocenters. The van der Waals surface area contributed by atoms with E-state index in [0.717, 1.165) is 32.0 Å². The summed E-state index contributed by atoms with van der Waals surface area (Å²) < 4.78 is 18.7. The van der Waals surface area contributed by atoms with E-state index in [9.17, 15) is 4.79 Å². The van der Waals surface area contributed by atoms with Crippen molar-refractivity contribution in [2.24, 2.45) is 0 Å². The molecule has 0 atom stereocenters. The molecule has 0 N–H and O–H groups in total. The zero-order valence-electron chi connectivity index (χ0n) is 17.5. The van der Waals surface area contributed by atoms with Gasteiger partial charge >= 0.3 is 149 Å². The van der Waals surface area contributed by atoms with Gasteiger partial charge in [-0.15, -0.1) is 0 Å². The molecule has 0 saturated carbocycles. The van der Waals surface area contributed by atoms with Crippen LogP contribution in [0.5, 0.6) is 11.5 Å². The molecule has 33 heavy (non-hydrogen) atoms. The molecule has 0 aliphatic rings. The Labute approximate surface area is 206 Å². The van der Waals surface area contributed by atoms with E-state index < -0.39 is 6.16 Å². The van der Waals surface area contributed by atoms with Crippen LogP contribution >= 0.6 is 15.9 Å². The molecule has 5 nitrogen and oxygen atoms in total. The first kappa shape index (κ1) is 23.1. The Morgan fingerprint density at radius 1 is 0.970 bits per heavy atom. The Bertz CT molecular complexity index is 1240. The van der Waals surface area contributed by atoms with Gasteiger partial charge in [0.25, 0.3) is 0 Å². The van der Waals surface area contributed by atoms with E-state index in [1.165, 1.54) is 4.46 Å². The molecule has 1 heterocycles. The number of benzene rings is 3. The molecule has 0 amide bonds. The number of carbonyl (C=O) groups is 1. The van der Waals surface area contributed by atoms with Gasteiger partial charge < -0.3 is 0 Å². The van der Waals surface area contributed by atoms with Crippen molar-refractivity contribution in [3.63, 3.8) is 0 Å². The number of ether oxygens (including phenoxy) is 3. The number of carbonyl (C=O) groups excluding carboxylic acids is 1. The number of para-hydroxylation sites is 1. The van der Waals surface area contributed by atoms with Gasteiger partial charge in [0, 0.05) is 17.6 Å². The van der Waals surface area contributed by atoms with Crippen LogP contribution in [0.4, 0.5) is 4.79 Å². The summed E-state index contributed by atoms with van der Waals surface area (Å²) in [5, 5.41) is 1.71. The Hall–Kier alpha value is -3.12. The van der Waals surface area contributed by atoms with Gasteiger partial charge in [-0.3, -0.25) is 4.98 Å². The summed E-state index contributed by atoms with van der Waals surface area (Å²) in [4.78, 5) is 16.4. The van der Waals surface area contributed by atoms with Crippen molar-refractivity contribution in [1.29, 1.82) is 0 Å². The number of hydrogen-bond acceptors (Lipinski definition) is 5. The van der Waals surface area contributed by atoms with E-state index in [1.54, 1.807) is 18.5 Å². The Kier molecular flexibility index (Phi) is 8.14. The van der Waals surface area contributed by atoms with E-state index in [4.69, 9.17) is 14.2 Å². The molecule has 4 aromatic rings. The Morgan fingerprint density at radius 2 is 1.76 bits per heavy atom. The summed E-state index contributed by atoms with van der Waals surface area (Å²) in [5.41, 5.74) is 1.59. The quantitative estimate of drug-likeness (QED) is 0.147. The zero-order chi connectivity index (χ0) is 22.9. The van der Waals surface area contributed by atoms with Crippen molar-refractivity contribution < 1.29 is 19.0 Å². The molecule has 0 spiro atoms. The summed E-state index contributed by atoms with van der Waals surface area (Å²) >= 11 is 3.82. The number of allylic oxidation sites excluding steroid dienone is 1. The number of nitrogens with zero attached hydrogens (tertiary/aromatic N) is 1. The van der Waals surface area contributed by atoms with Crippen molar-refractivity contribution in [2.75, 3.05) is 0 Å². The molecule has 0 saturated heterocycles. The van der Waals surface area contributed by atoms with E-state index in [1.807, 2.05) is 54.6 Å². The second-order valence-corrected chi connectivity index (χ2v) is 10.1. The van der Waals surface area contributed by atoms with Crippen LogP contribution in [0.1, 0.15) is 5.56 Å².